The van der Waals surface area contributed by atoms with E-state index >= 15 is 0 Å². The van der Waals surface area contributed by atoms with E-state index in [1.807, 2.05) is 40.8 Å². The number of nitrogens with zero attached hydrogens (tertiary/aromatic N) is 3. The number of hydrogen-bond acceptors (Lipinski definition) is 4. The zero-order valence-electron chi connectivity index (χ0n) is 13.6. The van der Waals surface area contributed by atoms with Crippen molar-refractivity contribution in [3.05, 3.63) is 40.4 Å². The third-order valence-corrected chi connectivity index (χ3v) is 5.30. The fraction of sp³-hybridized carbons (Fsp3) is 0.471. The van der Waals surface area contributed by atoms with E-state index in [9.17, 15) is 4.79 Å². The summed E-state index contributed by atoms with van der Waals surface area (Å²) in [5.41, 5.74) is 1.11. The lowest BCUT2D eigenvalue weighted by molar-refractivity contribution is -0.139. The number of hydrogen-bond donors (Lipinski definition) is 1. The summed E-state index contributed by atoms with van der Waals surface area (Å²) in [6.45, 7) is 1.45. The topological polar surface area (TPSA) is 63.1 Å². The molecule has 1 amide bonds. The Labute approximate surface area is 145 Å². The molecule has 6 nitrogen and oxygen atoms in total. The summed E-state index contributed by atoms with van der Waals surface area (Å²) < 4.78 is 8.37. The first-order valence-corrected chi connectivity index (χ1v) is 8.69. The molecule has 3 heterocycles. The highest BCUT2D eigenvalue weighted by atomic mass is 32.1. The van der Waals surface area contributed by atoms with Gasteiger partial charge in [0.15, 0.2) is 10.9 Å². The largest absolute Gasteiger partial charge is 0.480 e. The maximum Gasteiger partial charge on any atom is 0.264 e. The highest BCUT2D eigenvalue weighted by Crippen LogP contribution is 2.31. The molecule has 24 heavy (non-hydrogen) atoms. The Morgan fingerprint density at radius 3 is 3.00 bits per heavy atom. The molecule has 1 aromatic heterocycles. The van der Waals surface area contributed by atoms with E-state index in [-0.39, 0.29) is 11.8 Å². The van der Waals surface area contributed by atoms with Crippen molar-refractivity contribution >= 4 is 18.1 Å². The summed E-state index contributed by atoms with van der Waals surface area (Å²) >= 11 is 5.20. The molecule has 1 aromatic carbocycles. The van der Waals surface area contributed by atoms with E-state index in [1.54, 1.807) is 0 Å². The quantitative estimate of drug-likeness (QED) is 0.848. The predicted octanol–water partition coefficient (Wildman–Crippen LogP) is 2.19. The number of amides is 1. The van der Waals surface area contributed by atoms with Crippen LogP contribution in [0, 0.1) is 4.77 Å². The monoisotopic (exact) mass is 344 g/mol. The van der Waals surface area contributed by atoms with Gasteiger partial charge in [-0.25, -0.2) is 0 Å². The molecule has 126 valence electrons. The number of rotatable bonds is 2. The highest BCUT2D eigenvalue weighted by molar-refractivity contribution is 7.71. The smallest absolute Gasteiger partial charge is 0.264 e. The Morgan fingerprint density at radius 1 is 1.42 bits per heavy atom. The number of aromatic nitrogens is 3. The zero-order valence-corrected chi connectivity index (χ0v) is 14.4. The molecule has 0 bridgehead atoms. The van der Waals surface area contributed by atoms with Gasteiger partial charge in [-0.05, 0) is 36.7 Å². The molecule has 1 saturated heterocycles. The van der Waals surface area contributed by atoms with Gasteiger partial charge in [0.25, 0.3) is 5.91 Å². The summed E-state index contributed by atoms with van der Waals surface area (Å²) in [5.74, 6) is 2.05. The minimum Gasteiger partial charge on any atom is -0.480 e. The Hall–Kier alpha value is -2.15. The summed E-state index contributed by atoms with van der Waals surface area (Å²) in [7, 11) is 1.92. The molecule has 2 unspecified atom stereocenters. The first kappa shape index (κ1) is 15.4. The second-order valence-electron chi connectivity index (χ2n) is 6.49. The summed E-state index contributed by atoms with van der Waals surface area (Å²) in [4.78, 5) is 14.8. The molecular formula is C17H20N4O2S. The van der Waals surface area contributed by atoms with Crippen molar-refractivity contribution in [2.45, 2.75) is 31.3 Å². The van der Waals surface area contributed by atoms with Crippen molar-refractivity contribution in [2.75, 3.05) is 13.1 Å². The van der Waals surface area contributed by atoms with Crippen molar-refractivity contribution in [3.8, 4) is 5.75 Å². The van der Waals surface area contributed by atoms with Gasteiger partial charge in [0.05, 0.1) is 0 Å². The maximum atomic E-state index is 12.9. The standard InChI is InChI=1S/C17H20N4O2S/c1-20-15(18-19-17(20)24)12-6-4-8-21(10-12)16(22)14-9-11-5-2-3-7-13(11)23-14/h2-3,5,7,12,14H,4,6,8-10H2,1H3,(H,19,24). The lowest BCUT2D eigenvalue weighted by Gasteiger charge is -2.33. The molecule has 0 aliphatic carbocycles. The van der Waals surface area contributed by atoms with Gasteiger partial charge in [-0.3, -0.25) is 9.89 Å². The molecular weight excluding hydrogens is 324 g/mol. The number of benzene rings is 1. The molecule has 0 radical (unpaired) electrons. The number of para-hydroxylation sites is 1. The van der Waals surface area contributed by atoms with Crippen LogP contribution in [0.5, 0.6) is 5.75 Å². The number of piperidine rings is 1. The average Bonchev–Trinajstić information content (AvgIpc) is 3.18. The van der Waals surface area contributed by atoms with Gasteiger partial charge in [-0.1, -0.05) is 18.2 Å². The number of carbonyl (C=O) groups excluding carboxylic acids is 1. The van der Waals surface area contributed by atoms with Crippen molar-refractivity contribution in [3.63, 3.8) is 0 Å². The second-order valence-corrected chi connectivity index (χ2v) is 6.87. The van der Waals surface area contributed by atoms with Crippen LogP contribution >= 0.6 is 12.2 Å². The number of H-pyrrole nitrogens is 1. The third-order valence-electron chi connectivity index (χ3n) is 4.94. The maximum absolute atomic E-state index is 12.9. The number of aromatic amines is 1. The number of nitrogens with one attached hydrogen (secondary N) is 1. The highest BCUT2D eigenvalue weighted by Gasteiger charge is 2.35. The predicted molar refractivity (Wildman–Crippen MR) is 91.5 cm³/mol. The van der Waals surface area contributed by atoms with Crippen LogP contribution in [-0.4, -0.2) is 44.8 Å². The normalized spacial score (nSPS) is 23.0. The molecule has 2 atom stereocenters. The Morgan fingerprint density at radius 2 is 2.25 bits per heavy atom. The average molecular weight is 344 g/mol. The van der Waals surface area contributed by atoms with Gasteiger partial charge in [0, 0.05) is 32.5 Å². The van der Waals surface area contributed by atoms with Crippen molar-refractivity contribution < 1.29 is 9.53 Å². The molecule has 7 heteroatoms. The first-order chi connectivity index (χ1) is 11.6. The Bertz CT molecular complexity index is 803. The summed E-state index contributed by atoms with van der Waals surface area (Å²) in [6.07, 6.45) is 2.24. The minimum atomic E-state index is -0.399. The van der Waals surface area contributed by atoms with Crippen LogP contribution < -0.4 is 4.74 Å². The van der Waals surface area contributed by atoms with Gasteiger partial charge in [0.1, 0.15) is 11.6 Å². The van der Waals surface area contributed by atoms with Crippen molar-refractivity contribution in [1.29, 1.82) is 0 Å². The fourth-order valence-electron chi connectivity index (χ4n) is 3.64. The van der Waals surface area contributed by atoms with E-state index in [1.165, 1.54) is 0 Å². The molecule has 2 aliphatic heterocycles. The van der Waals surface area contributed by atoms with E-state index in [2.05, 4.69) is 10.2 Å². The van der Waals surface area contributed by atoms with Gasteiger partial charge >= 0.3 is 0 Å². The molecule has 1 fully saturated rings. The van der Waals surface area contributed by atoms with Gasteiger partial charge < -0.3 is 14.2 Å². The first-order valence-electron chi connectivity index (χ1n) is 8.28. The molecule has 1 N–H and O–H groups in total. The van der Waals surface area contributed by atoms with Crippen LogP contribution in [-0.2, 0) is 18.3 Å². The van der Waals surface area contributed by atoms with Gasteiger partial charge in [-0.15, -0.1) is 0 Å². The number of ether oxygens (including phenoxy) is 1. The minimum absolute atomic E-state index is 0.0766. The molecule has 2 aromatic rings. The van der Waals surface area contributed by atoms with E-state index in [4.69, 9.17) is 17.0 Å². The number of likely N-dealkylation sites (tertiary alicyclic amines) is 1. The molecule has 0 spiro atoms. The Balaban J connectivity index is 1.48. The summed E-state index contributed by atoms with van der Waals surface area (Å²) in [5, 5.41) is 7.17. The van der Waals surface area contributed by atoms with Gasteiger partial charge in [-0.2, -0.15) is 5.10 Å². The number of fused-ring (bicyclic) bond motifs is 1. The molecule has 2 aliphatic rings. The zero-order chi connectivity index (χ0) is 16.7. The third kappa shape index (κ3) is 2.62. The van der Waals surface area contributed by atoms with Crippen LogP contribution in [0.25, 0.3) is 0 Å². The fourth-order valence-corrected chi connectivity index (χ4v) is 3.77. The second kappa shape index (κ2) is 6.05. The van der Waals surface area contributed by atoms with Gasteiger partial charge in [0.2, 0.25) is 0 Å². The van der Waals surface area contributed by atoms with Crippen LogP contribution in [0.1, 0.15) is 30.1 Å². The van der Waals surface area contributed by atoms with E-state index in [0.29, 0.717) is 17.7 Å². The lowest BCUT2D eigenvalue weighted by atomic mass is 9.96. The van der Waals surface area contributed by atoms with E-state index in [0.717, 1.165) is 36.5 Å². The van der Waals surface area contributed by atoms with Crippen molar-refractivity contribution in [2.24, 2.45) is 7.05 Å². The van der Waals surface area contributed by atoms with Crippen LogP contribution in [0.15, 0.2) is 24.3 Å². The number of carbonyl (C=O) groups is 1. The lowest BCUT2D eigenvalue weighted by Crippen LogP contribution is -2.46. The van der Waals surface area contributed by atoms with Crippen LogP contribution in [0.4, 0.5) is 0 Å². The van der Waals surface area contributed by atoms with Crippen LogP contribution in [0.2, 0.25) is 0 Å². The molecule has 4 rings (SSSR count). The SMILES string of the molecule is Cn1c(C2CCCN(C(=O)C3Cc4ccccc4O3)C2)n[nH]c1=S. The van der Waals surface area contributed by atoms with Crippen LogP contribution in [0.3, 0.4) is 0 Å². The Kier molecular flexibility index (Phi) is 3.88. The van der Waals surface area contributed by atoms with E-state index < -0.39 is 6.10 Å². The summed E-state index contributed by atoms with van der Waals surface area (Å²) in [6, 6.07) is 7.87. The molecule has 0 saturated carbocycles. The van der Waals surface area contributed by atoms with Crippen molar-refractivity contribution in [1.82, 2.24) is 19.7 Å².